The minimum atomic E-state index is 0.445. The zero-order valence-corrected chi connectivity index (χ0v) is 7.82. The molecule has 0 aromatic carbocycles. The minimum absolute atomic E-state index is 0.445. The molecule has 0 fully saturated rings. The van der Waals surface area contributed by atoms with Crippen molar-refractivity contribution < 1.29 is 0 Å². The number of nitrogens with two attached hydrogens (primary N) is 2. The molecule has 0 atom stereocenters. The third-order valence-electron chi connectivity index (χ3n) is 2.23. The molecule has 0 unspecified atom stereocenters. The van der Waals surface area contributed by atoms with Gasteiger partial charge in [-0.2, -0.15) is 0 Å². The molecule has 0 aliphatic rings. The van der Waals surface area contributed by atoms with Crippen molar-refractivity contribution in [2.75, 3.05) is 13.1 Å². The van der Waals surface area contributed by atoms with E-state index in [0.29, 0.717) is 19.0 Å². The lowest BCUT2D eigenvalue weighted by Gasteiger charge is -2.10. The topological polar surface area (TPSA) is 64.9 Å². The Morgan fingerprint density at radius 3 is 2.62 bits per heavy atom. The number of aryl methyl sites for hydroxylation is 1. The molecule has 1 aromatic rings. The summed E-state index contributed by atoms with van der Waals surface area (Å²) in [5.74, 6) is 0.445. The SMILES string of the molecule is NCC(CN)CCc1cccnc1. The number of pyridine rings is 1. The van der Waals surface area contributed by atoms with Crippen LogP contribution in [0.15, 0.2) is 24.5 Å². The molecular weight excluding hydrogens is 162 g/mol. The maximum Gasteiger partial charge on any atom is 0.0299 e. The molecule has 0 saturated carbocycles. The first-order valence-corrected chi connectivity index (χ1v) is 4.66. The van der Waals surface area contributed by atoms with Gasteiger partial charge in [-0.3, -0.25) is 4.98 Å². The van der Waals surface area contributed by atoms with E-state index < -0.39 is 0 Å². The largest absolute Gasteiger partial charge is 0.330 e. The first kappa shape index (κ1) is 10.2. The average Bonchev–Trinajstić information content (AvgIpc) is 2.21. The van der Waals surface area contributed by atoms with Gasteiger partial charge in [-0.15, -0.1) is 0 Å². The van der Waals surface area contributed by atoms with Crippen LogP contribution in [0.2, 0.25) is 0 Å². The van der Waals surface area contributed by atoms with E-state index in [-0.39, 0.29) is 0 Å². The Balaban J connectivity index is 2.34. The standard InChI is InChI=1S/C10H17N3/c11-6-10(7-12)4-3-9-2-1-5-13-8-9/h1-2,5,8,10H,3-4,6-7,11-12H2. The predicted octanol–water partition coefficient (Wildman–Crippen LogP) is 0.548. The summed E-state index contributed by atoms with van der Waals surface area (Å²) in [6, 6.07) is 4.03. The third-order valence-corrected chi connectivity index (χ3v) is 2.23. The molecule has 0 aliphatic carbocycles. The molecule has 0 aliphatic heterocycles. The average molecular weight is 179 g/mol. The lowest BCUT2D eigenvalue weighted by atomic mass is 10.0. The molecule has 0 spiro atoms. The van der Waals surface area contributed by atoms with E-state index in [1.54, 1.807) is 6.20 Å². The fourth-order valence-electron chi connectivity index (χ4n) is 1.25. The first-order valence-electron chi connectivity index (χ1n) is 4.66. The van der Waals surface area contributed by atoms with Crippen molar-refractivity contribution in [1.29, 1.82) is 0 Å². The Bertz CT molecular complexity index is 219. The quantitative estimate of drug-likeness (QED) is 0.693. The third kappa shape index (κ3) is 3.53. The zero-order chi connectivity index (χ0) is 9.52. The van der Waals surface area contributed by atoms with Crippen molar-refractivity contribution in [2.45, 2.75) is 12.8 Å². The summed E-state index contributed by atoms with van der Waals surface area (Å²) in [5.41, 5.74) is 12.4. The predicted molar refractivity (Wildman–Crippen MR) is 54.2 cm³/mol. The first-order chi connectivity index (χ1) is 6.36. The molecule has 3 heteroatoms. The minimum Gasteiger partial charge on any atom is -0.330 e. The second kappa shape index (κ2) is 5.67. The molecule has 72 valence electrons. The molecule has 4 N–H and O–H groups in total. The van der Waals surface area contributed by atoms with E-state index in [9.17, 15) is 0 Å². The normalized spacial score (nSPS) is 10.7. The van der Waals surface area contributed by atoms with E-state index in [1.807, 2.05) is 12.3 Å². The highest BCUT2D eigenvalue weighted by Gasteiger charge is 2.03. The second-order valence-electron chi connectivity index (χ2n) is 3.24. The van der Waals surface area contributed by atoms with Crippen molar-refractivity contribution in [3.05, 3.63) is 30.1 Å². The van der Waals surface area contributed by atoms with Gasteiger partial charge in [0.05, 0.1) is 0 Å². The molecule has 0 radical (unpaired) electrons. The Morgan fingerprint density at radius 1 is 1.31 bits per heavy atom. The Hall–Kier alpha value is -0.930. The van der Waals surface area contributed by atoms with Crippen LogP contribution in [-0.2, 0) is 6.42 Å². The van der Waals surface area contributed by atoms with Crippen LogP contribution in [0.5, 0.6) is 0 Å². The lowest BCUT2D eigenvalue weighted by Crippen LogP contribution is -2.23. The van der Waals surface area contributed by atoms with E-state index >= 15 is 0 Å². The van der Waals surface area contributed by atoms with Gasteiger partial charge in [-0.25, -0.2) is 0 Å². The highest BCUT2D eigenvalue weighted by Crippen LogP contribution is 2.06. The molecular formula is C10H17N3. The Morgan fingerprint density at radius 2 is 2.08 bits per heavy atom. The van der Waals surface area contributed by atoms with Crippen molar-refractivity contribution in [1.82, 2.24) is 4.98 Å². The van der Waals surface area contributed by atoms with E-state index in [1.165, 1.54) is 5.56 Å². The Labute approximate surface area is 79.2 Å². The van der Waals surface area contributed by atoms with Crippen LogP contribution in [0, 0.1) is 5.92 Å². The molecule has 13 heavy (non-hydrogen) atoms. The van der Waals surface area contributed by atoms with Gasteiger partial charge in [0, 0.05) is 12.4 Å². The van der Waals surface area contributed by atoms with Gasteiger partial charge in [0.25, 0.3) is 0 Å². The van der Waals surface area contributed by atoms with Crippen LogP contribution < -0.4 is 11.5 Å². The van der Waals surface area contributed by atoms with Gasteiger partial charge < -0.3 is 11.5 Å². The van der Waals surface area contributed by atoms with Crippen LogP contribution in [0.25, 0.3) is 0 Å². The fraction of sp³-hybridized carbons (Fsp3) is 0.500. The second-order valence-corrected chi connectivity index (χ2v) is 3.24. The molecule has 1 rings (SSSR count). The van der Waals surface area contributed by atoms with Crippen molar-refractivity contribution in [2.24, 2.45) is 17.4 Å². The van der Waals surface area contributed by atoms with Crippen LogP contribution in [0.1, 0.15) is 12.0 Å². The maximum absolute atomic E-state index is 5.55. The molecule has 1 heterocycles. The van der Waals surface area contributed by atoms with Crippen molar-refractivity contribution in [3.8, 4) is 0 Å². The highest BCUT2D eigenvalue weighted by molar-refractivity contribution is 5.08. The summed E-state index contributed by atoms with van der Waals surface area (Å²) in [7, 11) is 0. The fourth-order valence-corrected chi connectivity index (χ4v) is 1.25. The van der Waals surface area contributed by atoms with Gasteiger partial charge in [-0.05, 0) is 43.5 Å². The monoisotopic (exact) mass is 179 g/mol. The molecule has 1 aromatic heterocycles. The number of nitrogens with zero attached hydrogens (tertiary/aromatic N) is 1. The van der Waals surface area contributed by atoms with Gasteiger partial charge in [0.1, 0.15) is 0 Å². The molecule has 0 bridgehead atoms. The van der Waals surface area contributed by atoms with Crippen LogP contribution >= 0.6 is 0 Å². The number of hydrogen-bond donors (Lipinski definition) is 2. The number of aromatic nitrogens is 1. The van der Waals surface area contributed by atoms with Crippen LogP contribution in [-0.4, -0.2) is 18.1 Å². The summed E-state index contributed by atoms with van der Waals surface area (Å²) < 4.78 is 0. The van der Waals surface area contributed by atoms with Gasteiger partial charge >= 0.3 is 0 Å². The number of rotatable bonds is 5. The van der Waals surface area contributed by atoms with Crippen LogP contribution in [0.3, 0.4) is 0 Å². The van der Waals surface area contributed by atoms with E-state index in [2.05, 4.69) is 11.1 Å². The summed E-state index contributed by atoms with van der Waals surface area (Å²) >= 11 is 0. The molecule has 0 saturated heterocycles. The number of hydrogen-bond acceptors (Lipinski definition) is 3. The van der Waals surface area contributed by atoms with E-state index in [0.717, 1.165) is 12.8 Å². The Kier molecular flexibility index (Phi) is 4.43. The zero-order valence-electron chi connectivity index (χ0n) is 7.82. The summed E-state index contributed by atoms with van der Waals surface area (Å²) in [4.78, 5) is 4.05. The maximum atomic E-state index is 5.55. The van der Waals surface area contributed by atoms with Gasteiger partial charge in [0.15, 0.2) is 0 Å². The molecule has 3 nitrogen and oxygen atoms in total. The van der Waals surface area contributed by atoms with Crippen LogP contribution in [0.4, 0.5) is 0 Å². The van der Waals surface area contributed by atoms with Gasteiger partial charge in [0.2, 0.25) is 0 Å². The highest BCUT2D eigenvalue weighted by atomic mass is 14.6. The molecule has 0 amide bonds. The van der Waals surface area contributed by atoms with Crippen molar-refractivity contribution in [3.63, 3.8) is 0 Å². The summed E-state index contributed by atoms with van der Waals surface area (Å²) in [6.07, 6.45) is 5.75. The summed E-state index contributed by atoms with van der Waals surface area (Å²) in [5, 5.41) is 0. The van der Waals surface area contributed by atoms with Gasteiger partial charge in [-0.1, -0.05) is 6.07 Å². The summed E-state index contributed by atoms with van der Waals surface area (Å²) in [6.45, 7) is 1.35. The lowest BCUT2D eigenvalue weighted by molar-refractivity contribution is 0.507. The van der Waals surface area contributed by atoms with Crippen molar-refractivity contribution >= 4 is 0 Å². The smallest absolute Gasteiger partial charge is 0.0299 e. The van der Waals surface area contributed by atoms with E-state index in [4.69, 9.17) is 11.5 Å².